The van der Waals surface area contributed by atoms with Crippen molar-refractivity contribution in [1.29, 1.82) is 0 Å². The van der Waals surface area contributed by atoms with Gasteiger partial charge in [0.1, 0.15) is 5.76 Å². The topological polar surface area (TPSA) is 68.5 Å². The molecule has 3 aromatic rings. The molecule has 0 unspecified atom stereocenters. The number of rotatable bonds is 7. The highest BCUT2D eigenvalue weighted by Gasteiger charge is 2.09. The number of para-hydroxylation sites is 1. The molecular weight excluding hydrogens is 342 g/mol. The number of ether oxygens (including phenoxy) is 1. The second kappa shape index (κ2) is 9.20. The summed E-state index contributed by atoms with van der Waals surface area (Å²) >= 11 is 0. The minimum Gasteiger partial charge on any atom is -0.465 e. The monoisotopic (exact) mass is 361 g/mol. The van der Waals surface area contributed by atoms with Crippen LogP contribution in [0.25, 0.3) is 6.08 Å². The summed E-state index contributed by atoms with van der Waals surface area (Å²) in [6.45, 7) is -0.360. The second-order valence-corrected chi connectivity index (χ2v) is 5.82. The zero-order valence-electron chi connectivity index (χ0n) is 14.6. The molecule has 3 rings (SSSR count). The molecule has 2 aromatic carbocycles. The number of anilines is 1. The minimum atomic E-state index is -0.612. The third-order valence-electron chi connectivity index (χ3n) is 3.80. The number of esters is 1. The molecule has 0 fully saturated rings. The first-order chi connectivity index (χ1) is 13.2. The summed E-state index contributed by atoms with van der Waals surface area (Å²) in [4.78, 5) is 23.8. The summed E-state index contributed by atoms with van der Waals surface area (Å²) in [5.41, 5.74) is 2.84. The van der Waals surface area contributed by atoms with Gasteiger partial charge in [0.05, 0.1) is 6.26 Å². The summed E-state index contributed by atoms with van der Waals surface area (Å²) in [5.74, 6) is -0.472. The summed E-state index contributed by atoms with van der Waals surface area (Å²) in [6.07, 6.45) is 4.90. The van der Waals surface area contributed by atoms with Crippen molar-refractivity contribution in [2.75, 3.05) is 11.9 Å². The van der Waals surface area contributed by atoms with Crippen LogP contribution in [0.4, 0.5) is 5.69 Å². The molecule has 5 heteroatoms. The maximum Gasteiger partial charge on any atom is 0.331 e. The van der Waals surface area contributed by atoms with Crippen molar-refractivity contribution in [2.45, 2.75) is 6.42 Å². The second-order valence-electron chi connectivity index (χ2n) is 5.82. The van der Waals surface area contributed by atoms with Crippen molar-refractivity contribution < 1.29 is 18.7 Å². The Morgan fingerprint density at radius 3 is 2.52 bits per heavy atom. The molecular formula is C22H19NO4. The minimum absolute atomic E-state index is 0.360. The molecule has 1 amide bonds. The van der Waals surface area contributed by atoms with Crippen LogP contribution in [0.2, 0.25) is 0 Å². The van der Waals surface area contributed by atoms with E-state index in [2.05, 4.69) is 5.32 Å². The van der Waals surface area contributed by atoms with Gasteiger partial charge in [-0.05, 0) is 41.8 Å². The molecule has 0 aliphatic carbocycles. The lowest BCUT2D eigenvalue weighted by atomic mass is 10.0. The Balaban J connectivity index is 1.54. The lowest BCUT2D eigenvalue weighted by Crippen LogP contribution is -2.20. The molecule has 0 radical (unpaired) electrons. The number of amides is 1. The third-order valence-corrected chi connectivity index (χ3v) is 3.80. The van der Waals surface area contributed by atoms with Gasteiger partial charge >= 0.3 is 5.97 Å². The van der Waals surface area contributed by atoms with Crippen LogP contribution in [-0.4, -0.2) is 18.5 Å². The average molecular weight is 361 g/mol. The van der Waals surface area contributed by atoms with Crippen molar-refractivity contribution in [3.05, 3.63) is 96.0 Å². The fourth-order valence-electron chi connectivity index (χ4n) is 2.52. The fourth-order valence-corrected chi connectivity index (χ4v) is 2.52. The Kier molecular flexibility index (Phi) is 6.20. The van der Waals surface area contributed by atoms with Crippen molar-refractivity contribution in [1.82, 2.24) is 0 Å². The molecule has 136 valence electrons. The van der Waals surface area contributed by atoms with E-state index in [1.54, 1.807) is 12.1 Å². The highest BCUT2D eigenvalue weighted by atomic mass is 16.5. The molecule has 0 saturated heterocycles. The Hall–Kier alpha value is -3.60. The SMILES string of the molecule is O=C(COC(=O)/C=C/c1ccco1)Nc1ccccc1Cc1ccccc1. The number of carbonyl (C=O) groups is 2. The van der Waals surface area contributed by atoms with Gasteiger partial charge in [-0.3, -0.25) is 4.79 Å². The van der Waals surface area contributed by atoms with Crippen LogP contribution in [0.1, 0.15) is 16.9 Å². The van der Waals surface area contributed by atoms with E-state index in [0.717, 1.165) is 11.1 Å². The van der Waals surface area contributed by atoms with Crippen LogP contribution in [0.3, 0.4) is 0 Å². The summed E-state index contributed by atoms with van der Waals surface area (Å²) in [6, 6.07) is 21.0. The van der Waals surface area contributed by atoms with E-state index in [0.29, 0.717) is 17.9 Å². The number of carbonyl (C=O) groups excluding carboxylic acids is 2. The van der Waals surface area contributed by atoms with Crippen LogP contribution in [-0.2, 0) is 20.7 Å². The van der Waals surface area contributed by atoms with Gasteiger partial charge in [0.2, 0.25) is 0 Å². The fraction of sp³-hybridized carbons (Fsp3) is 0.0909. The van der Waals surface area contributed by atoms with Gasteiger partial charge in [-0.25, -0.2) is 4.79 Å². The Bertz CT molecular complexity index is 915. The predicted molar refractivity (Wildman–Crippen MR) is 103 cm³/mol. The quantitative estimate of drug-likeness (QED) is 0.509. The van der Waals surface area contributed by atoms with Gasteiger partial charge in [-0.2, -0.15) is 0 Å². The van der Waals surface area contributed by atoms with Gasteiger partial charge in [0.15, 0.2) is 6.61 Å². The van der Waals surface area contributed by atoms with Crippen LogP contribution in [0, 0.1) is 0 Å². The first-order valence-electron chi connectivity index (χ1n) is 8.51. The van der Waals surface area contributed by atoms with E-state index in [4.69, 9.17) is 9.15 Å². The van der Waals surface area contributed by atoms with Crippen LogP contribution < -0.4 is 5.32 Å². The molecule has 27 heavy (non-hydrogen) atoms. The van der Waals surface area contributed by atoms with E-state index in [1.807, 2.05) is 54.6 Å². The summed E-state index contributed by atoms with van der Waals surface area (Å²) in [7, 11) is 0. The number of nitrogens with one attached hydrogen (secondary N) is 1. The van der Waals surface area contributed by atoms with Crippen LogP contribution in [0.15, 0.2) is 83.5 Å². The molecule has 0 spiro atoms. The lowest BCUT2D eigenvalue weighted by Gasteiger charge is -2.11. The zero-order chi connectivity index (χ0) is 18.9. The van der Waals surface area contributed by atoms with Gasteiger partial charge in [0, 0.05) is 11.8 Å². The number of benzene rings is 2. The van der Waals surface area contributed by atoms with Crippen LogP contribution in [0.5, 0.6) is 0 Å². The van der Waals surface area contributed by atoms with Crippen molar-refractivity contribution in [3.63, 3.8) is 0 Å². The molecule has 0 atom stereocenters. The zero-order valence-corrected chi connectivity index (χ0v) is 14.6. The van der Waals surface area contributed by atoms with Crippen LogP contribution >= 0.6 is 0 Å². The molecule has 0 aliphatic heterocycles. The van der Waals surface area contributed by atoms with E-state index < -0.39 is 11.9 Å². The first kappa shape index (κ1) is 18.2. The highest BCUT2D eigenvalue weighted by molar-refractivity contribution is 5.95. The normalized spacial score (nSPS) is 10.7. The highest BCUT2D eigenvalue weighted by Crippen LogP contribution is 2.19. The standard InChI is InChI=1S/C22H19NO4/c24-21(16-27-22(25)13-12-19-10-6-14-26-19)23-20-11-5-4-9-18(20)15-17-7-2-1-3-8-17/h1-14H,15-16H2,(H,23,24)/b13-12+. The van der Waals surface area contributed by atoms with Gasteiger partial charge < -0.3 is 14.5 Å². The molecule has 0 saturated carbocycles. The van der Waals surface area contributed by atoms with Gasteiger partial charge in [-0.1, -0.05) is 48.5 Å². The van der Waals surface area contributed by atoms with E-state index in [-0.39, 0.29) is 6.61 Å². The van der Waals surface area contributed by atoms with E-state index >= 15 is 0 Å². The maximum absolute atomic E-state index is 12.1. The molecule has 0 aliphatic rings. The Morgan fingerprint density at radius 2 is 1.74 bits per heavy atom. The Morgan fingerprint density at radius 1 is 0.963 bits per heavy atom. The van der Waals surface area contributed by atoms with E-state index in [1.165, 1.54) is 18.4 Å². The van der Waals surface area contributed by atoms with Crippen molar-refractivity contribution >= 4 is 23.6 Å². The molecule has 1 aromatic heterocycles. The number of hydrogen-bond acceptors (Lipinski definition) is 4. The largest absolute Gasteiger partial charge is 0.465 e. The van der Waals surface area contributed by atoms with Crippen molar-refractivity contribution in [2.24, 2.45) is 0 Å². The molecule has 5 nitrogen and oxygen atoms in total. The smallest absolute Gasteiger partial charge is 0.331 e. The van der Waals surface area contributed by atoms with Gasteiger partial charge in [0.25, 0.3) is 5.91 Å². The van der Waals surface area contributed by atoms with Gasteiger partial charge in [-0.15, -0.1) is 0 Å². The summed E-state index contributed by atoms with van der Waals surface area (Å²) in [5, 5.41) is 2.80. The third kappa shape index (κ3) is 5.71. The maximum atomic E-state index is 12.1. The van der Waals surface area contributed by atoms with Crippen molar-refractivity contribution in [3.8, 4) is 0 Å². The summed E-state index contributed by atoms with van der Waals surface area (Å²) < 4.78 is 10.0. The predicted octanol–water partition coefficient (Wildman–Crippen LogP) is 4.07. The van der Waals surface area contributed by atoms with E-state index in [9.17, 15) is 9.59 Å². The first-order valence-corrected chi connectivity index (χ1v) is 8.51. The Labute approximate surface area is 157 Å². The number of hydrogen-bond donors (Lipinski definition) is 1. The average Bonchev–Trinajstić information content (AvgIpc) is 3.21. The molecule has 1 heterocycles. The number of furan rings is 1. The molecule has 0 bridgehead atoms. The lowest BCUT2D eigenvalue weighted by molar-refractivity contribution is -0.142. The molecule has 1 N–H and O–H groups in total.